The molecule has 10 nitrogen and oxygen atoms in total. The lowest BCUT2D eigenvalue weighted by Gasteiger charge is -2.22. The lowest BCUT2D eigenvalue weighted by atomic mass is 10.0. The van der Waals surface area contributed by atoms with E-state index < -0.39 is 20.7 Å². The Hall–Kier alpha value is -4.74. The molecule has 0 saturated carbocycles. The SMILES string of the molecule is COC[C@H](Cc1ccc(OC(C)(C)C)cc1)NC(=O)c1cc(NS(=O)(=O)C(C)(C)C)c2cc(-c3cccc(Cn4cccn4)c3)ccc2n1. The second kappa shape index (κ2) is 14.4. The number of carbonyl (C=O) groups excluding carboxylic acids is 1. The predicted octanol–water partition coefficient (Wildman–Crippen LogP) is 6.85. The summed E-state index contributed by atoms with van der Waals surface area (Å²) in [6, 6.07) is 24.5. The van der Waals surface area contributed by atoms with Crippen molar-refractivity contribution in [1.82, 2.24) is 20.1 Å². The zero-order valence-electron chi connectivity index (χ0n) is 29.2. The van der Waals surface area contributed by atoms with Crippen LogP contribution in [0.25, 0.3) is 22.0 Å². The molecule has 1 amide bonds. The van der Waals surface area contributed by atoms with E-state index in [-0.39, 0.29) is 29.6 Å². The van der Waals surface area contributed by atoms with E-state index in [2.05, 4.69) is 26.2 Å². The van der Waals surface area contributed by atoms with Crippen molar-refractivity contribution in [2.75, 3.05) is 18.4 Å². The molecule has 5 rings (SSSR count). The molecule has 2 N–H and O–H groups in total. The van der Waals surface area contributed by atoms with Gasteiger partial charge in [-0.25, -0.2) is 13.4 Å². The van der Waals surface area contributed by atoms with Crippen LogP contribution in [0.3, 0.4) is 0 Å². The number of amides is 1. The van der Waals surface area contributed by atoms with Gasteiger partial charge in [0.15, 0.2) is 0 Å². The van der Waals surface area contributed by atoms with Gasteiger partial charge in [0.25, 0.3) is 5.91 Å². The number of carbonyl (C=O) groups is 1. The van der Waals surface area contributed by atoms with Crippen LogP contribution in [0.2, 0.25) is 0 Å². The maximum Gasteiger partial charge on any atom is 0.270 e. The molecule has 0 saturated heterocycles. The number of benzene rings is 3. The first-order valence-corrected chi connectivity index (χ1v) is 17.7. The molecule has 0 aliphatic rings. The summed E-state index contributed by atoms with van der Waals surface area (Å²) in [4.78, 5) is 18.4. The first-order chi connectivity index (χ1) is 23.1. The van der Waals surface area contributed by atoms with Crippen molar-refractivity contribution in [2.45, 2.75) is 70.9 Å². The van der Waals surface area contributed by atoms with E-state index in [9.17, 15) is 13.2 Å². The number of aromatic nitrogens is 3. The zero-order chi connectivity index (χ0) is 35.4. The Morgan fingerprint density at radius 1 is 0.898 bits per heavy atom. The quantitative estimate of drug-likeness (QED) is 0.147. The van der Waals surface area contributed by atoms with Gasteiger partial charge < -0.3 is 14.8 Å². The maximum atomic E-state index is 13.7. The van der Waals surface area contributed by atoms with Gasteiger partial charge in [0, 0.05) is 24.9 Å². The minimum atomic E-state index is -3.83. The van der Waals surface area contributed by atoms with Crippen LogP contribution in [-0.4, -0.2) is 59.2 Å². The summed E-state index contributed by atoms with van der Waals surface area (Å²) in [6.07, 6.45) is 4.16. The summed E-state index contributed by atoms with van der Waals surface area (Å²) < 4.78 is 41.7. The number of anilines is 1. The van der Waals surface area contributed by atoms with Crippen LogP contribution in [0.5, 0.6) is 5.75 Å². The molecular formula is C38H45N5O5S. The summed E-state index contributed by atoms with van der Waals surface area (Å²) in [6.45, 7) is 11.7. The molecule has 3 aromatic carbocycles. The van der Waals surface area contributed by atoms with E-state index in [0.717, 1.165) is 28.0 Å². The molecular weight excluding hydrogens is 639 g/mol. The van der Waals surface area contributed by atoms with Gasteiger partial charge in [0.2, 0.25) is 10.0 Å². The summed E-state index contributed by atoms with van der Waals surface area (Å²) in [5.74, 6) is 0.322. The molecule has 0 unspecified atom stereocenters. The van der Waals surface area contributed by atoms with Crippen molar-refractivity contribution >= 4 is 32.5 Å². The molecule has 0 aliphatic heterocycles. The Labute approximate surface area is 288 Å². The van der Waals surface area contributed by atoms with Crippen LogP contribution in [-0.2, 0) is 27.7 Å². The molecule has 0 fully saturated rings. The van der Waals surface area contributed by atoms with Crippen molar-refractivity contribution in [2.24, 2.45) is 0 Å². The minimum absolute atomic E-state index is 0.0862. The smallest absolute Gasteiger partial charge is 0.270 e. The fourth-order valence-corrected chi connectivity index (χ4v) is 6.04. The summed E-state index contributed by atoms with van der Waals surface area (Å²) in [5, 5.41) is 7.92. The average Bonchev–Trinajstić information content (AvgIpc) is 3.53. The van der Waals surface area contributed by atoms with Crippen molar-refractivity contribution in [3.63, 3.8) is 0 Å². The summed E-state index contributed by atoms with van der Waals surface area (Å²) in [5.41, 5.74) is 4.43. The van der Waals surface area contributed by atoms with E-state index in [1.54, 1.807) is 34.1 Å². The predicted molar refractivity (Wildman–Crippen MR) is 194 cm³/mol. The number of pyridine rings is 1. The largest absolute Gasteiger partial charge is 0.488 e. The third kappa shape index (κ3) is 9.24. The van der Waals surface area contributed by atoms with Crippen molar-refractivity contribution < 1.29 is 22.7 Å². The van der Waals surface area contributed by atoms with Crippen molar-refractivity contribution in [3.8, 4) is 16.9 Å². The number of fused-ring (bicyclic) bond motifs is 1. The number of hydrogen-bond acceptors (Lipinski definition) is 7. The molecule has 0 radical (unpaired) electrons. The van der Waals surface area contributed by atoms with E-state index in [4.69, 9.17) is 9.47 Å². The molecule has 11 heteroatoms. The monoisotopic (exact) mass is 683 g/mol. The molecule has 258 valence electrons. The molecule has 2 aromatic heterocycles. The third-order valence-electron chi connectivity index (χ3n) is 7.79. The first-order valence-electron chi connectivity index (χ1n) is 16.2. The van der Waals surface area contributed by atoms with Gasteiger partial charge in [-0.15, -0.1) is 0 Å². The van der Waals surface area contributed by atoms with E-state index in [1.807, 2.05) is 98.4 Å². The third-order valence-corrected chi connectivity index (χ3v) is 9.89. The fraction of sp³-hybridized carbons (Fsp3) is 0.342. The highest BCUT2D eigenvalue weighted by Crippen LogP contribution is 2.32. The molecule has 0 bridgehead atoms. The molecule has 5 aromatic rings. The van der Waals surface area contributed by atoms with E-state index in [1.165, 1.54) is 6.07 Å². The fourth-order valence-electron chi connectivity index (χ4n) is 5.28. The van der Waals surface area contributed by atoms with Crippen molar-refractivity contribution in [1.29, 1.82) is 0 Å². The number of nitrogens with zero attached hydrogens (tertiary/aromatic N) is 3. The normalized spacial score (nSPS) is 12.9. The number of hydrogen-bond donors (Lipinski definition) is 2. The Bertz CT molecular complexity index is 2010. The van der Waals surface area contributed by atoms with Crippen LogP contribution >= 0.6 is 0 Å². The highest BCUT2D eigenvalue weighted by molar-refractivity contribution is 7.94. The zero-order valence-corrected chi connectivity index (χ0v) is 30.0. The highest BCUT2D eigenvalue weighted by atomic mass is 32.2. The maximum absolute atomic E-state index is 13.7. The van der Waals surface area contributed by atoms with Gasteiger partial charge in [0.05, 0.1) is 35.1 Å². The molecule has 0 aliphatic carbocycles. The topological polar surface area (TPSA) is 124 Å². The van der Waals surface area contributed by atoms with Crippen LogP contribution in [0.4, 0.5) is 5.69 Å². The number of rotatable bonds is 12. The Morgan fingerprint density at radius 3 is 2.29 bits per heavy atom. The van der Waals surface area contributed by atoms with Crippen LogP contribution in [0.1, 0.15) is 63.2 Å². The van der Waals surface area contributed by atoms with E-state index in [0.29, 0.717) is 23.9 Å². The Kier molecular flexibility index (Phi) is 10.4. The number of nitrogens with one attached hydrogen (secondary N) is 2. The van der Waals surface area contributed by atoms with Crippen LogP contribution in [0, 0.1) is 0 Å². The summed E-state index contributed by atoms with van der Waals surface area (Å²) in [7, 11) is -2.25. The molecule has 49 heavy (non-hydrogen) atoms. The number of ether oxygens (including phenoxy) is 2. The van der Waals surface area contributed by atoms with Crippen molar-refractivity contribution in [3.05, 3.63) is 108 Å². The molecule has 2 heterocycles. The van der Waals surface area contributed by atoms with Gasteiger partial charge >= 0.3 is 0 Å². The summed E-state index contributed by atoms with van der Waals surface area (Å²) >= 11 is 0. The first kappa shape index (κ1) is 35.6. The van der Waals surface area contributed by atoms with E-state index >= 15 is 0 Å². The lowest BCUT2D eigenvalue weighted by molar-refractivity contribution is 0.0892. The second-order valence-corrected chi connectivity index (χ2v) is 16.5. The highest BCUT2D eigenvalue weighted by Gasteiger charge is 2.30. The standard InChI is InChI=1S/C38H45N5O5S/c1-37(2,3)48-31-15-12-26(13-16-31)21-30(25-47-7)40-36(44)35-23-34(42-49(45,46)38(4,5)6)32-22-29(14-17-33(32)41-35)28-11-8-10-27(20-28)24-43-19-9-18-39-43/h8-20,22-23,30H,21,24-25H2,1-7H3,(H,40,44)(H,41,42)/t30-/m0/s1. The van der Waals surface area contributed by atoms with Gasteiger partial charge in [-0.3, -0.25) is 14.2 Å². The van der Waals surface area contributed by atoms with Gasteiger partial charge in [-0.2, -0.15) is 5.10 Å². The second-order valence-electron chi connectivity index (χ2n) is 14.1. The Morgan fingerprint density at radius 2 is 1.63 bits per heavy atom. The van der Waals surface area contributed by atoms with Gasteiger partial charge in [-0.1, -0.05) is 36.4 Å². The van der Waals surface area contributed by atoms with Crippen LogP contribution < -0.4 is 14.8 Å². The van der Waals surface area contributed by atoms with Gasteiger partial charge in [-0.05, 0) is 113 Å². The minimum Gasteiger partial charge on any atom is -0.488 e. The number of sulfonamides is 1. The van der Waals surface area contributed by atoms with Gasteiger partial charge in [0.1, 0.15) is 17.0 Å². The Balaban J connectivity index is 1.46. The molecule has 0 spiro atoms. The number of methoxy groups -OCH3 is 1. The average molecular weight is 684 g/mol. The lowest BCUT2D eigenvalue weighted by Crippen LogP contribution is -2.40. The van der Waals surface area contributed by atoms with Crippen LogP contribution in [0.15, 0.2) is 91.3 Å². The molecule has 1 atom stereocenters.